The average molecular weight is 300 g/mol. The van der Waals surface area contributed by atoms with Gasteiger partial charge >= 0.3 is 6.18 Å². The van der Waals surface area contributed by atoms with Crippen LogP contribution in [0.5, 0.6) is 0 Å². The first-order valence-electron chi connectivity index (χ1n) is 6.64. The zero-order valence-corrected chi connectivity index (χ0v) is 11.4. The fourth-order valence-corrected chi connectivity index (χ4v) is 2.88. The first-order chi connectivity index (χ1) is 9.75. The topological polar surface area (TPSA) is 43.8 Å². The van der Waals surface area contributed by atoms with E-state index >= 15 is 0 Å². The molecule has 0 saturated carbocycles. The Balaban J connectivity index is 1.98. The molecule has 0 bridgehead atoms. The van der Waals surface area contributed by atoms with Crippen molar-refractivity contribution in [3.8, 4) is 0 Å². The van der Waals surface area contributed by atoms with Crippen molar-refractivity contribution in [1.29, 1.82) is 0 Å². The van der Waals surface area contributed by atoms with E-state index in [-0.39, 0.29) is 23.6 Å². The smallest absolute Gasteiger partial charge is 0.390 e. The van der Waals surface area contributed by atoms with E-state index in [2.05, 4.69) is 0 Å². The molecule has 1 N–H and O–H groups in total. The summed E-state index contributed by atoms with van der Waals surface area (Å²) in [4.78, 5) is 15.1. The van der Waals surface area contributed by atoms with Crippen LogP contribution in [0.1, 0.15) is 27.0 Å². The summed E-state index contributed by atoms with van der Waals surface area (Å²) in [6.07, 6.45) is -4.88. The average Bonchev–Trinajstić information content (AvgIpc) is 2.62. The number of amides is 1. The highest BCUT2D eigenvalue weighted by Crippen LogP contribution is 2.38. The molecule has 2 aliphatic heterocycles. The van der Waals surface area contributed by atoms with Gasteiger partial charge in [0.15, 0.2) is 0 Å². The Hall–Kier alpha value is -1.60. The minimum absolute atomic E-state index is 0.00822. The zero-order valence-electron chi connectivity index (χ0n) is 11.4. The van der Waals surface area contributed by atoms with Crippen LogP contribution in [0.4, 0.5) is 13.2 Å². The largest absolute Gasteiger partial charge is 0.416 e. The molecule has 1 aromatic carbocycles. The number of hydrogen-bond acceptors (Lipinski definition) is 3. The Morgan fingerprint density at radius 1 is 1.33 bits per heavy atom. The quantitative estimate of drug-likeness (QED) is 0.899. The number of fused-ring (bicyclic) bond motifs is 1. The molecule has 0 unspecified atom stereocenters. The number of rotatable bonds is 2. The van der Waals surface area contributed by atoms with Crippen molar-refractivity contribution in [2.24, 2.45) is 0 Å². The van der Waals surface area contributed by atoms with Crippen molar-refractivity contribution in [2.45, 2.75) is 25.4 Å². The molecule has 4 nitrogen and oxygen atoms in total. The van der Waals surface area contributed by atoms with Gasteiger partial charge in [0.1, 0.15) is 0 Å². The van der Waals surface area contributed by atoms with Crippen LogP contribution in [-0.2, 0) is 19.3 Å². The molecular weight excluding hydrogens is 285 g/mol. The molecule has 114 valence electrons. The van der Waals surface area contributed by atoms with E-state index in [0.29, 0.717) is 25.2 Å². The van der Waals surface area contributed by atoms with Crippen LogP contribution in [0.3, 0.4) is 0 Å². The van der Waals surface area contributed by atoms with Crippen LogP contribution in [0.2, 0.25) is 0 Å². The fraction of sp³-hybridized carbons (Fsp3) is 0.500. The van der Waals surface area contributed by atoms with Gasteiger partial charge in [-0.1, -0.05) is 0 Å². The molecule has 1 fully saturated rings. The maximum atomic E-state index is 13.2. The van der Waals surface area contributed by atoms with Gasteiger partial charge in [0.25, 0.3) is 5.91 Å². The number of carbonyl (C=O) groups is 1. The predicted octanol–water partition coefficient (Wildman–Crippen LogP) is 1.47. The Morgan fingerprint density at radius 2 is 2.00 bits per heavy atom. The molecule has 0 radical (unpaired) electrons. The van der Waals surface area contributed by atoms with E-state index in [4.69, 9.17) is 0 Å². The minimum Gasteiger partial charge on any atom is -0.390 e. The van der Waals surface area contributed by atoms with E-state index in [9.17, 15) is 23.1 Å². The Bertz CT molecular complexity index is 595. The van der Waals surface area contributed by atoms with Crippen molar-refractivity contribution in [3.05, 3.63) is 34.4 Å². The van der Waals surface area contributed by atoms with Gasteiger partial charge in [-0.2, -0.15) is 13.2 Å². The Labute approximate surface area is 119 Å². The molecule has 7 heteroatoms. The molecule has 0 atom stereocenters. The molecular formula is C14H15F3N2O2. The summed E-state index contributed by atoms with van der Waals surface area (Å²) in [5.74, 6) is -0.374. The van der Waals surface area contributed by atoms with Gasteiger partial charge in [-0.15, -0.1) is 0 Å². The third-order valence-corrected chi connectivity index (χ3v) is 3.93. The normalized spacial score (nSPS) is 19.9. The monoisotopic (exact) mass is 300 g/mol. The van der Waals surface area contributed by atoms with Gasteiger partial charge < -0.3 is 10.0 Å². The lowest BCUT2D eigenvalue weighted by Gasteiger charge is -2.36. The lowest BCUT2D eigenvalue weighted by Crippen LogP contribution is -2.49. The number of β-amino-alcohol motifs (C(OH)–C–C–N with tert-alkyl or cyclic N) is 1. The molecule has 3 rings (SSSR count). The molecule has 0 aromatic heterocycles. The molecule has 0 spiro atoms. The number of aliphatic hydroxyl groups is 1. The van der Waals surface area contributed by atoms with Gasteiger partial charge in [-0.25, -0.2) is 0 Å². The van der Waals surface area contributed by atoms with Crippen LogP contribution in [-0.4, -0.2) is 47.1 Å². The fourth-order valence-electron chi connectivity index (χ4n) is 2.88. The molecule has 0 aliphatic carbocycles. The number of nitrogens with zero attached hydrogens (tertiary/aromatic N) is 2. The van der Waals surface area contributed by atoms with Crippen LogP contribution in [0.25, 0.3) is 0 Å². The van der Waals surface area contributed by atoms with E-state index in [1.54, 1.807) is 6.07 Å². The van der Waals surface area contributed by atoms with Gasteiger partial charge in [0.05, 0.1) is 11.7 Å². The summed E-state index contributed by atoms with van der Waals surface area (Å²) >= 11 is 0. The number of likely N-dealkylation sites (tertiary alicyclic amines) is 1. The summed E-state index contributed by atoms with van der Waals surface area (Å²) in [5.41, 5.74) is -0.0730. The van der Waals surface area contributed by atoms with Crippen molar-refractivity contribution in [2.75, 3.05) is 20.1 Å². The molecule has 2 heterocycles. The lowest BCUT2D eigenvalue weighted by molar-refractivity contribution is -0.138. The van der Waals surface area contributed by atoms with E-state index in [1.807, 2.05) is 4.90 Å². The third kappa shape index (κ3) is 2.51. The van der Waals surface area contributed by atoms with Crippen molar-refractivity contribution >= 4 is 5.91 Å². The number of benzene rings is 1. The lowest BCUT2D eigenvalue weighted by atomic mass is 9.98. The summed E-state index contributed by atoms with van der Waals surface area (Å²) in [5, 5.41) is 9.23. The number of carbonyl (C=O) groups excluding carboxylic acids is 1. The first kappa shape index (κ1) is 14.3. The molecule has 21 heavy (non-hydrogen) atoms. The standard InChI is InChI=1S/C14H15F3N2O2/c1-18-7-11-10(13(18)21)2-8(3-12(11)14(15,16)17)4-19-5-9(20)6-19/h2-3,9,20H,4-7H2,1H3. The van der Waals surface area contributed by atoms with E-state index in [0.717, 1.165) is 6.07 Å². The summed E-state index contributed by atoms with van der Waals surface area (Å²) in [6, 6.07) is 2.66. The van der Waals surface area contributed by atoms with E-state index < -0.39 is 17.8 Å². The molecule has 1 saturated heterocycles. The highest BCUT2D eigenvalue weighted by molar-refractivity contribution is 5.98. The van der Waals surface area contributed by atoms with Crippen LogP contribution in [0.15, 0.2) is 12.1 Å². The number of alkyl halides is 3. The Kier molecular flexibility index (Phi) is 3.22. The first-order valence-corrected chi connectivity index (χ1v) is 6.64. The van der Waals surface area contributed by atoms with Crippen molar-refractivity contribution < 1.29 is 23.1 Å². The second-order valence-corrected chi connectivity index (χ2v) is 5.68. The van der Waals surface area contributed by atoms with E-state index in [1.165, 1.54) is 11.9 Å². The summed E-state index contributed by atoms with van der Waals surface area (Å²) < 4.78 is 39.6. The summed E-state index contributed by atoms with van der Waals surface area (Å²) in [7, 11) is 1.49. The maximum absolute atomic E-state index is 13.2. The second-order valence-electron chi connectivity index (χ2n) is 5.68. The maximum Gasteiger partial charge on any atom is 0.416 e. The number of halogens is 3. The van der Waals surface area contributed by atoms with Crippen molar-refractivity contribution in [3.63, 3.8) is 0 Å². The van der Waals surface area contributed by atoms with Gasteiger partial charge in [-0.05, 0) is 23.3 Å². The van der Waals surface area contributed by atoms with Gasteiger partial charge in [0.2, 0.25) is 0 Å². The van der Waals surface area contributed by atoms with Crippen LogP contribution >= 0.6 is 0 Å². The molecule has 1 amide bonds. The summed E-state index contributed by atoms with van der Waals surface area (Å²) in [6.45, 7) is 1.20. The zero-order chi connectivity index (χ0) is 15.4. The highest BCUT2D eigenvalue weighted by atomic mass is 19.4. The molecule has 2 aliphatic rings. The van der Waals surface area contributed by atoms with Crippen LogP contribution in [0, 0.1) is 0 Å². The minimum atomic E-state index is -4.47. The van der Waals surface area contributed by atoms with Gasteiger partial charge in [-0.3, -0.25) is 9.69 Å². The predicted molar refractivity (Wildman–Crippen MR) is 68.5 cm³/mol. The van der Waals surface area contributed by atoms with Gasteiger partial charge in [0, 0.05) is 38.8 Å². The number of hydrogen-bond donors (Lipinski definition) is 1. The number of aliphatic hydroxyl groups excluding tert-OH is 1. The Morgan fingerprint density at radius 3 is 2.57 bits per heavy atom. The molecule has 1 aromatic rings. The SMILES string of the molecule is CN1Cc2c(cc(CN3CC(O)C3)cc2C(F)(F)F)C1=O. The van der Waals surface area contributed by atoms with Crippen molar-refractivity contribution in [1.82, 2.24) is 9.80 Å². The third-order valence-electron chi connectivity index (χ3n) is 3.93. The highest BCUT2D eigenvalue weighted by Gasteiger charge is 2.39. The van der Waals surface area contributed by atoms with Crippen LogP contribution < -0.4 is 0 Å². The second kappa shape index (κ2) is 4.71.